The second kappa shape index (κ2) is 6.76. The second-order valence-electron chi connectivity index (χ2n) is 3.22. The summed E-state index contributed by atoms with van der Waals surface area (Å²) in [6.45, 7) is 4.22. The number of hydrogen-bond donors (Lipinski definition) is 1. The highest BCUT2D eigenvalue weighted by Gasteiger charge is 1.99. The molecular weight excluding hydrogens is 194 g/mol. The van der Waals surface area contributed by atoms with Gasteiger partial charge in [-0.15, -0.1) is 0 Å². The predicted molar refractivity (Wildman–Crippen MR) is 64.0 cm³/mol. The van der Waals surface area contributed by atoms with E-state index in [4.69, 9.17) is 0 Å². The van der Waals surface area contributed by atoms with Gasteiger partial charge in [-0.25, -0.2) is 4.98 Å². The third-order valence-electron chi connectivity index (χ3n) is 2.00. The van der Waals surface area contributed by atoms with Crippen molar-refractivity contribution in [3.63, 3.8) is 0 Å². The van der Waals surface area contributed by atoms with Crippen molar-refractivity contribution in [2.45, 2.75) is 26.3 Å². The Morgan fingerprint density at radius 1 is 1.57 bits per heavy atom. The van der Waals surface area contributed by atoms with Gasteiger partial charge in [0.25, 0.3) is 0 Å². The van der Waals surface area contributed by atoms with Crippen LogP contribution in [0.1, 0.15) is 19.8 Å². The van der Waals surface area contributed by atoms with Crippen LogP contribution in [0.5, 0.6) is 0 Å². The highest BCUT2D eigenvalue weighted by molar-refractivity contribution is 7.98. The molecule has 0 atom stereocenters. The van der Waals surface area contributed by atoms with Gasteiger partial charge in [-0.2, -0.15) is 11.8 Å². The largest absolute Gasteiger partial charge is 0.356 e. The molecule has 0 aliphatic rings. The standard InChI is InChI=1S/C10H19N3S/c1-3-5-11-10-12-6-8-13(10)7-4-9-14-2/h6,8H,3-5,7,9H2,1-2H3,(H,11,12). The smallest absolute Gasteiger partial charge is 0.202 e. The lowest BCUT2D eigenvalue weighted by Gasteiger charge is -2.08. The second-order valence-corrected chi connectivity index (χ2v) is 4.20. The number of imidazole rings is 1. The van der Waals surface area contributed by atoms with Crippen LogP contribution in [0.2, 0.25) is 0 Å². The maximum absolute atomic E-state index is 4.28. The van der Waals surface area contributed by atoms with Gasteiger partial charge in [-0.3, -0.25) is 0 Å². The summed E-state index contributed by atoms with van der Waals surface area (Å²) < 4.78 is 2.19. The van der Waals surface area contributed by atoms with E-state index >= 15 is 0 Å². The molecule has 0 amide bonds. The average Bonchev–Trinajstić information content (AvgIpc) is 2.63. The van der Waals surface area contributed by atoms with Crippen LogP contribution in [-0.4, -0.2) is 28.1 Å². The predicted octanol–water partition coefficient (Wildman–Crippen LogP) is 2.46. The zero-order valence-corrected chi connectivity index (χ0v) is 9.81. The van der Waals surface area contributed by atoms with Crippen LogP contribution in [0.15, 0.2) is 12.4 Å². The molecule has 1 rings (SSSR count). The van der Waals surface area contributed by atoms with Crippen molar-refractivity contribution in [2.24, 2.45) is 0 Å². The summed E-state index contributed by atoms with van der Waals surface area (Å²) in [5.74, 6) is 2.22. The molecule has 4 heteroatoms. The van der Waals surface area contributed by atoms with Crippen LogP contribution in [0.3, 0.4) is 0 Å². The molecule has 0 unspecified atom stereocenters. The number of aryl methyl sites for hydroxylation is 1. The van der Waals surface area contributed by atoms with Crippen molar-refractivity contribution >= 4 is 17.7 Å². The summed E-state index contributed by atoms with van der Waals surface area (Å²) in [6.07, 6.45) is 8.38. The Morgan fingerprint density at radius 3 is 3.14 bits per heavy atom. The zero-order chi connectivity index (χ0) is 10.2. The van der Waals surface area contributed by atoms with E-state index in [1.54, 1.807) is 0 Å². The van der Waals surface area contributed by atoms with Gasteiger partial charge in [0.2, 0.25) is 5.95 Å². The fraction of sp³-hybridized carbons (Fsp3) is 0.700. The maximum atomic E-state index is 4.28. The van der Waals surface area contributed by atoms with E-state index in [0.717, 1.165) is 25.5 Å². The Kier molecular flexibility index (Phi) is 5.52. The minimum Gasteiger partial charge on any atom is -0.356 e. The number of nitrogens with one attached hydrogen (secondary N) is 1. The van der Waals surface area contributed by atoms with E-state index in [-0.39, 0.29) is 0 Å². The molecule has 0 saturated carbocycles. The minimum atomic E-state index is 1.000. The first kappa shape index (κ1) is 11.4. The van der Waals surface area contributed by atoms with Gasteiger partial charge in [-0.05, 0) is 24.9 Å². The fourth-order valence-corrected chi connectivity index (χ4v) is 1.69. The highest BCUT2D eigenvalue weighted by Crippen LogP contribution is 2.06. The van der Waals surface area contributed by atoms with E-state index < -0.39 is 0 Å². The van der Waals surface area contributed by atoms with Crippen molar-refractivity contribution < 1.29 is 0 Å². The number of hydrogen-bond acceptors (Lipinski definition) is 3. The van der Waals surface area contributed by atoms with E-state index in [9.17, 15) is 0 Å². The van der Waals surface area contributed by atoms with Gasteiger partial charge in [0, 0.05) is 25.5 Å². The molecule has 0 aliphatic heterocycles. The van der Waals surface area contributed by atoms with Crippen molar-refractivity contribution in [2.75, 3.05) is 23.9 Å². The quantitative estimate of drug-likeness (QED) is 0.706. The number of rotatable bonds is 7. The lowest BCUT2D eigenvalue weighted by Crippen LogP contribution is -2.08. The Labute approximate surface area is 90.3 Å². The molecule has 3 nitrogen and oxygen atoms in total. The summed E-state index contributed by atoms with van der Waals surface area (Å²) in [4.78, 5) is 4.28. The van der Waals surface area contributed by atoms with Crippen molar-refractivity contribution in [1.29, 1.82) is 0 Å². The first-order chi connectivity index (χ1) is 6.88. The molecule has 1 N–H and O–H groups in total. The summed E-state index contributed by atoms with van der Waals surface area (Å²) in [5, 5.41) is 3.31. The summed E-state index contributed by atoms with van der Waals surface area (Å²) >= 11 is 1.89. The third kappa shape index (κ3) is 3.62. The lowest BCUT2D eigenvalue weighted by atomic mass is 10.4. The van der Waals surface area contributed by atoms with Gasteiger partial charge in [0.05, 0.1) is 0 Å². The number of anilines is 1. The average molecular weight is 213 g/mol. The van der Waals surface area contributed by atoms with Crippen LogP contribution in [0.25, 0.3) is 0 Å². The van der Waals surface area contributed by atoms with E-state index in [1.807, 2.05) is 24.2 Å². The molecule has 80 valence electrons. The van der Waals surface area contributed by atoms with Gasteiger partial charge in [0.15, 0.2) is 0 Å². The Bertz CT molecular complexity index is 247. The van der Waals surface area contributed by atoms with Crippen LogP contribution in [0.4, 0.5) is 5.95 Å². The van der Waals surface area contributed by atoms with Gasteiger partial charge in [0.1, 0.15) is 0 Å². The molecule has 1 heterocycles. The molecule has 0 aromatic carbocycles. The summed E-state index contributed by atoms with van der Waals surface area (Å²) in [6, 6.07) is 0. The summed E-state index contributed by atoms with van der Waals surface area (Å²) in [5.41, 5.74) is 0. The van der Waals surface area contributed by atoms with Gasteiger partial charge < -0.3 is 9.88 Å². The monoisotopic (exact) mass is 213 g/mol. The lowest BCUT2D eigenvalue weighted by molar-refractivity contribution is 0.686. The molecular formula is C10H19N3S. The number of thioether (sulfide) groups is 1. The summed E-state index contributed by atoms with van der Waals surface area (Å²) in [7, 11) is 0. The van der Waals surface area contributed by atoms with E-state index in [1.165, 1.54) is 12.2 Å². The molecule has 0 bridgehead atoms. The zero-order valence-electron chi connectivity index (χ0n) is 8.99. The van der Waals surface area contributed by atoms with Gasteiger partial charge in [-0.1, -0.05) is 6.92 Å². The van der Waals surface area contributed by atoms with Crippen LogP contribution >= 0.6 is 11.8 Å². The number of nitrogens with zero attached hydrogens (tertiary/aromatic N) is 2. The Balaban J connectivity index is 2.37. The van der Waals surface area contributed by atoms with Crippen LogP contribution in [-0.2, 0) is 6.54 Å². The Hall–Kier alpha value is -0.640. The molecule has 0 aliphatic carbocycles. The highest BCUT2D eigenvalue weighted by atomic mass is 32.2. The normalized spacial score (nSPS) is 10.4. The minimum absolute atomic E-state index is 1.000. The molecule has 0 fully saturated rings. The third-order valence-corrected chi connectivity index (χ3v) is 2.69. The van der Waals surface area contributed by atoms with Crippen LogP contribution < -0.4 is 5.32 Å². The molecule has 1 aromatic heterocycles. The van der Waals surface area contributed by atoms with Crippen LogP contribution in [0, 0.1) is 0 Å². The van der Waals surface area contributed by atoms with E-state index in [0.29, 0.717) is 0 Å². The van der Waals surface area contributed by atoms with Crippen molar-refractivity contribution in [3.05, 3.63) is 12.4 Å². The molecule has 0 radical (unpaired) electrons. The molecule has 0 saturated heterocycles. The van der Waals surface area contributed by atoms with Crippen molar-refractivity contribution in [3.8, 4) is 0 Å². The SMILES string of the molecule is CCCNc1nccn1CCCSC. The molecule has 0 spiro atoms. The molecule has 1 aromatic rings. The number of aromatic nitrogens is 2. The molecule has 14 heavy (non-hydrogen) atoms. The van der Waals surface area contributed by atoms with Gasteiger partial charge >= 0.3 is 0 Å². The maximum Gasteiger partial charge on any atom is 0.202 e. The Morgan fingerprint density at radius 2 is 2.43 bits per heavy atom. The fourth-order valence-electron chi connectivity index (χ4n) is 1.27. The van der Waals surface area contributed by atoms with E-state index in [2.05, 4.69) is 28.0 Å². The topological polar surface area (TPSA) is 29.9 Å². The first-order valence-electron chi connectivity index (χ1n) is 5.12. The van der Waals surface area contributed by atoms with Crippen molar-refractivity contribution in [1.82, 2.24) is 9.55 Å². The first-order valence-corrected chi connectivity index (χ1v) is 6.51.